The van der Waals surface area contributed by atoms with Crippen LogP contribution < -0.4 is 42.8 Å². The molecule has 1 aromatic carbocycles. The summed E-state index contributed by atoms with van der Waals surface area (Å²) in [5, 5.41) is 24.1. The molecule has 16 nitrogen and oxygen atoms in total. The number of amides is 5. The number of benzene rings is 1. The van der Waals surface area contributed by atoms with Gasteiger partial charge in [-0.1, -0.05) is 54.5 Å². The molecular formula is C33H57N7O9. The highest BCUT2D eigenvalue weighted by Crippen LogP contribution is 2.31. The van der Waals surface area contributed by atoms with E-state index in [4.69, 9.17) is 25.7 Å². The van der Waals surface area contributed by atoms with Crippen molar-refractivity contribution < 1.29 is 43.3 Å². The topological polar surface area (TPSA) is 245 Å². The van der Waals surface area contributed by atoms with Gasteiger partial charge in [-0.3, -0.25) is 19.2 Å². The van der Waals surface area contributed by atoms with E-state index in [0.29, 0.717) is 12.1 Å². The zero-order valence-electron chi connectivity index (χ0n) is 29.8. The zero-order valence-corrected chi connectivity index (χ0v) is 29.8. The van der Waals surface area contributed by atoms with Gasteiger partial charge in [0.15, 0.2) is 0 Å². The summed E-state index contributed by atoms with van der Waals surface area (Å²) < 4.78 is 17.2. The predicted molar refractivity (Wildman–Crippen MR) is 184 cm³/mol. The maximum Gasteiger partial charge on any atom is 0.312 e. The fraction of sp³-hybridized carbons (Fsp3) is 0.667. The number of rotatable bonds is 17. The molecule has 4 unspecified atom stereocenters. The number of nitrogens with two attached hydrogens (primary N) is 2. The Bertz CT molecular complexity index is 1210. The summed E-state index contributed by atoms with van der Waals surface area (Å²) in [7, 11) is 0. The second kappa shape index (κ2) is 22.6. The molecule has 1 aliphatic heterocycles. The van der Waals surface area contributed by atoms with Crippen LogP contribution in [0.5, 0.6) is 5.75 Å². The van der Waals surface area contributed by atoms with Gasteiger partial charge >= 0.3 is 12.0 Å². The minimum Gasteiger partial charge on any atom is -0.463 e. The summed E-state index contributed by atoms with van der Waals surface area (Å²) in [4.78, 5) is 59.8. The lowest BCUT2D eigenvalue weighted by molar-refractivity contribution is -0.184. The van der Waals surface area contributed by atoms with E-state index in [1.165, 1.54) is 0 Å². The molecule has 0 radical (unpaired) electrons. The van der Waals surface area contributed by atoms with E-state index in [1.807, 2.05) is 34.6 Å². The number of aliphatic hydroxyl groups excluding tert-OH is 1. The summed E-state index contributed by atoms with van der Waals surface area (Å²) in [5.74, 6) is -1.70. The SMILES string of the molecule is CC(C)NC(C(=O)NCC(=O)Nc1ccc(COC(=O)C(C)C)cc1OC1CC(O)CC(C(=O)NCCN)O1)C(C)C.CCCNC(N)=O. The molecule has 1 saturated heterocycles. The first-order valence-electron chi connectivity index (χ1n) is 16.7. The molecule has 1 aliphatic rings. The van der Waals surface area contributed by atoms with Crippen LogP contribution in [-0.4, -0.2) is 91.6 Å². The molecule has 0 saturated carbocycles. The molecule has 5 amide bonds. The van der Waals surface area contributed by atoms with Crippen molar-refractivity contribution in [3.63, 3.8) is 0 Å². The van der Waals surface area contributed by atoms with Gasteiger partial charge in [-0.2, -0.15) is 0 Å². The number of carbonyl (C=O) groups is 5. The first kappa shape index (κ1) is 43.0. The third-order valence-electron chi connectivity index (χ3n) is 6.87. The Balaban J connectivity index is 0.00000154. The summed E-state index contributed by atoms with van der Waals surface area (Å²) in [5.41, 5.74) is 11.0. The van der Waals surface area contributed by atoms with Crippen LogP contribution in [-0.2, 0) is 35.3 Å². The number of nitrogens with one attached hydrogen (secondary N) is 5. The van der Waals surface area contributed by atoms with E-state index in [0.717, 1.165) is 6.42 Å². The van der Waals surface area contributed by atoms with Crippen LogP contribution in [0.3, 0.4) is 0 Å². The van der Waals surface area contributed by atoms with Crippen molar-refractivity contribution in [2.75, 3.05) is 31.5 Å². The van der Waals surface area contributed by atoms with Gasteiger partial charge in [-0.25, -0.2) is 4.79 Å². The Morgan fingerprint density at radius 2 is 1.69 bits per heavy atom. The molecule has 0 aromatic heterocycles. The standard InChI is InChI=1S/C29H47N5O8.C4H10N2O/c1-16(2)26(33-18(5)6)28(38)32-14-24(36)34-21-8-7-19(15-40-29(39)17(3)4)11-22(21)41-25-13-20(35)12-23(42-25)27(37)31-10-9-30;1-2-3-6-4(5)7/h7-8,11,16-18,20,23,25-26,33,35H,9-10,12-15,30H2,1-6H3,(H,31,37)(H,32,38)(H,34,36);2-3H2,1H3,(H3,5,6,7). The maximum atomic E-state index is 12.8. The Labute approximate surface area is 289 Å². The van der Waals surface area contributed by atoms with Gasteiger partial charge in [-0.15, -0.1) is 0 Å². The van der Waals surface area contributed by atoms with Gasteiger partial charge in [0.2, 0.25) is 24.0 Å². The van der Waals surface area contributed by atoms with Gasteiger partial charge in [0, 0.05) is 38.5 Å². The van der Waals surface area contributed by atoms with Crippen molar-refractivity contribution in [3.8, 4) is 5.75 Å². The molecule has 49 heavy (non-hydrogen) atoms. The molecular weight excluding hydrogens is 638 g/mol. The number of carbonyl (C=O) groups excluding carboxylic acids is 5. The molecule has 2 rings (SSSR count). The van der Waals surface area contributed by atoms with E-state index in [9.17, 15) is 29.1 Å². The molecule has 0 spiro atoms. The van der Waals surface area contributed by atoms with Crippen molar-refractivity contribution in [1.29, 1.82) is 0 Å². The number of hydrogen-bond acceptors (Lipinski definition) is 11. The Hall–Kier alpha value is -3.99. The van der Waals surface area contributed by atoms with Crippen molar-refractivity contribution in [2.45, 2.75) is 105 Å². The smallest absolute Gasteiger partial charge is 0.312 e. The summed E-state index contributed by atoms with van der Waals surface area (Å²) in [6, 6.07) is 4.00. The zero-order chi connectivity index (χ0) is 37.1. The highest BCUT2D eigenvalue weighted by atomic mass is 16.7. The molecule has 16 heteroatoms. The second-order valence-corrected chi connectivity index (χ2v) is 12.6. The fourth-order valence-electron chi connectivity index (χ4n) is 4.38. The number of hydrogen-bond donors (Lipinski definition) is 8. The van der Waals surface area contributed by atoms with Gasteiger partial charge in [0.05, 0.1) is 30.3 Å². The van der Waals surface area contributed by atoms with Crippen molar-refractivity contribution >= 4 is 35.4 Å². The average molecular weight is 696 g/mol. The van der Waals surface area contributed by atoms with Gasteiger partial charge < -0.3 is 57.4 Å². The highest BCUT2D eigenvalue weighted by molar-refractivity contribution is 5.96. The van der Waals surface area contributed by atoms with Crippen molar-refractivity contribution in [2.24, 2.45) is 23.3 Å². The maximum absolute atomic E-state index is 12.8. The Kier molecular flexibility index (Phi) is 19.9. The third kappa shape index (κ3) is 17.3. The number of aliphatic hydroxyl groups is 1. The fourth-order valence-corrected chi connectivity index (χ4v) is 4.38. The highest BCUT2D eigenvalue weighted by Gasteiger charge is 2.34. The van der Waals surface area contributed by atoms with E-state index in [2.05, 4.69) is 26.6 Å². The second-order valence-electron chi connectivity index (χ2n) is 12.6. The minimum atomic E-state index is -1.01. The van der Waals surface area contributed by atoms with Crippen LogP contribution in [0.1, 0.15) is 73.3 Å². The van der Waals surface area contributed by atoms with Crippen molar-refractivity contribution in [1.82, 2.24) is 21.3 Å². The van der Waals surface area contributed by atoms with E-state index < -0.39 is 42.4 Å². The third-order valence-corrected chi connectivity index (χ3v) is 6.87. The molecule has 1 heterocycles. The van der Waals surface area contributed by atoms with Crippen LogP contribution in [0.15, 0.2) is 18.2 Å². The monoisotopic (exact) mass is 695 g/mol. The first-order valence-corrected chi connectivity index (χ1v) is 16.7. The first-order chi connectivity index (χ1) is 23.1. The number of anilines is 1. The van der Waals surface area contributed by atoms with E-state index >= 15 is 0 Å². The quantitative estimate of drug-likeness (QED) is 0.106. The largest absolute Gasteiger partial charge is 0.463 e. The van der Waals surface area contributed by atoms with Gasteiger partial charge in [0.1, 0.15) is 18.5 Å². The van der Waals surface area contributed by atoms with Crippen LogP contribution in [0.4, 0.5) is 10.5 Å². The molecule has 4 atom stereocenters. The lowest BCUT2D eigenvalue weighted by atomic mass is 10.0. The Morgan fingerprint density at radius 3 is 2.24 bits per heavy atom. The van der Waals surface area contributed by atoms with Crippen LogP contribution in [0.2, 0.25) is 0 Å². The normalized spacial score (nSPS) is 17.8. The molecule has 1 fully saturated rings. The lowest BCUT2D eigenvalue weighted by Crippen LogP contribution is -2.51. The number of urea groups is 1. The van der Waals surface area contributed by atoms with Crippen LogP contribution >= 0.6 is 0 Å². The molecule has 1 aromatic rings. The lowest BCUT2D eigenvalue weighted by Gasteiger charge is -2.32. The molecule has 278 valence electrons. The summed E-state index contributed by atoms with van der Waals surface area (Å²) >= 11 is 0. The van der Waals surface area contributed by atoms with Crippen LogP contribution in [0, 0.1) is 11.8 Å². The van der Waals surface area contributed by atoms with Crippen molar-refractivity contribution in [3.05, 3.63) is 23.8 Å². The van der Waals surface area contributed by atoms with Gasteiger partial charge in [-0.05, 0) is 30.0 Å². The number of ether oxygens (including phenoxy) is 3. The molecule has 0 bridgehead atoms. The van der Waals surface area contributed by atoms with E-state index in [1.54, 1.807) is 32.0 Å². The molecule has 10 N–H and O–H groups in total. The van der Waals surface area contributed by atoms with E-state index in [-0.39, 0.29) is 80.3 Å². The van der Waals surface area contributed by atoms with Crippen LogP contribution in [0.25, 0.3) is 0 Å². The molecule has 0 aliphatic carbocycles. The average Bonchev–Trinajstić information content (AvgIpc) is 3.03. The number of primary amides is 1. The summed E-state index contributed by atoms with van der Waals surface area (Å²) in [6.45, 7) is 14.0. The Morgan fingerprint density at radius 1 is 1.00 bits per heavy atom. The minimum absolute atomic E-state index is 0.0138. The summed E-state index contributed by atoms with van der Waals surface area (Å²) in [6.07, 6.45) is -1.73. The number of esters is 1. The van der Waals surface area contributed by atoms with Gasteiger partial charge in [0.25, 0.3) is 0 Å². The predicted octanol–water partition coefficient (Wildman–Crippen LogP) is 0.848.